The highest BCUT2D eigenvalue weighted by atomic mass is 16.6. The molecule has 4 aromatic carbocycles. The van der Waals surface area contributed by atoms with Gasteiger partial charge in [-0.05, 0) is 42.3 Å². The molecule has 3 aliphatic heterocycles. The molecule has 4 aromatic rings. The van der Waals surface area contributed by atoms with Gasteiger partial charge in [0.05, 0.1) is 5.56 Å². The zero-order chi connectivity index (χ0) is 28.8. The molecule has 7 rings (SSSR count). The minimum absolute atomic E-state index is 0.138. The van der Waals surface area contributed by atoms with Gasteiger partial charge in [0.25, 0.3) is 0 Å². The average molecular weight is 563 g/mol. The molecule has 1 N–H and O–H groups in total. The van der Waals surface area contributed by atoms with Crippen LogP contribution in [0.25, 0.3) is 0 Å². The number of rotatable bonds is 4. The van der Waals surface area contributed by atoms with Crippen molar-refractivity contribution in [2.75, 3.05) is 31.1 Å². The van der Waals surface area contributed by atoms with Gasteiger partial charge >= 0.3 is 12.1 Å². The third-order valence-corrected chi connectivity index (χ3v) is 8.41. The Bertz CT molecular complexity index is 1700. The van der Waals surface area contributed by atoms with E-state index in [2.05, 4.69) is 4.90 Å². The second-order valence-corrected chi connectivity index (χ2v) is 10.7. The van der Waals surface area contributed by atoms with Crippen molar-refractivity contribution in [2.45, 2.75) is 25.6 Å². The lowest BCUT2D eigenvalue weighted by Gasteiger charge is -2.39. The average Bonchev–Trinajstić information content (AvgIpc) is 3.32. The maximum Gasteiger partial charge on any atom is 0.410 e. The molecule has 42 heavy (non-hydrogen) atoms. The molecule has 3 aliphatic rings. The number of fused-ring (bicyclic) bond motifs is 6. The van der Waals surface area contributed by atoms with Gasteiger partial charge in [0.2, 0.25) is 0 Å². The van der Waals surface area contributed by atoms with Crippen LogP contribution in [0.3, 0.4) is 0 Å². The molecule has 1 unspecified atom stereocenters. The van der Waals surface area contributed by atoms with Crippen molar-refractivity contribution in [3.63, 3.8) is 0 Å². The number of phenolic OH excluding ortho intramolecular Hbond substituents is 1. The number of carbonyl (C=O) groups excluding carboxylic acids is 2. The summed E-state index contributed by atoms with van der Waals surface area (Å²) in [5.74, 6) is 0.820. The molecule has 0 aliphatic carbocycles. The number of piperazine rings is 1. The van der Waals surface area contributed by atoms with Crippen molar-refractivity contribution in [2.24, 2.45) is 0 Å². The van der Waals surface area contributed by atoms with Gasteiger partial charge in [-0.25, -0.2) is 9.59 Å². The SMILES string of the molecule is CCc1c(O)ccc2c1Oc1cc(N3CCN(C(=O)OCc4ccccc4)CC3)ccc1C21OC(=O)c2ccccc21. The number of nitrogens with zero attached hydrogens (tertiary/aromatic N) is 2. The summed E-state index contributed by atoms with van der Waals surface area (Å²) in [7, 11) is 0. The van der Waals surface area contributed by atoms with Crippen LogP contribution in [0.4, 0.5) is 10.5 Å². The van der Waals surface area contributed by atoms with Crippen LogP contribution in [0, 0.1) is 0 Å². The summed E-state index contributed by atoms with van der Waals surface area (Å²) in [6, 6.07) is 26.4. The van der Waals surface area contributed by atoms with Gasteiger partial charge in [-0.15, -0.1) is 0 Å². The minimum atomic E-state index is -1.19. The third-order valence-electron chi connectivity index (χ3n) is 8.41. The van der Waals surface area contributed by atoms with E-state index in [9.17, 15) is 14.7 Å². The van der Waals surface area contributed by atoms with Crippen LogP contribution < -0.4 is 9.64 Å². The molecule has 1 amide bonds. The molecule has 0 radical (unpaired) electrons. The highest BCUT2D eigenvalue weighted by Crippen LogP contribution is 2.58. The fourth-order valence-corrected chi connectivity index (χ4v) is 6.27. The first kappa shape index (κ1) is 26.0. The molecular weight excluding hydrogens is 532 g/mol. The summed E-state index contributed by atoms with van der Waals surface area (Å²) in [5.41, 5.74) is 4.05. The number of anilines is 1. The van der Waals surface area contributed by atoms with E-state index in [0.717, 1.165) is 22.4 Å². The summed E-state index contributed by atoms with van der Waals surface area (Å²) in [4.78, 5) is 29.8. The van der Waals surface area contributed by atoms with Crippen LogP contribution in [0.5, 0.6) is 17.2 Å². The molecule has 3 heterocycles. The first-order chi connectivity index (χ1) is 20.5. The van der Waals surface area contributed by atoms with Crippen molar-refractivity contribution in [3.8, 4) is 17.2 Å². The van der Waals surface area contributed by atoms with Crippen LogP contribution >= 0.6 is 0 Å². The second-order valence-electron chi connectivity index (χ2n) is 10.7. The Hall–Kier alpha value is -4.98. The van der Waals surface area contributed by atoms with E-state index in [4.69, 9.17) is 14.2 Å². The van der Waals surface area contributed by atoms with Gasteiger partial charge in [0.15, 0.2) is 5.60 Å². The maximum absolute atomic E-state index is 13.1. The molecule has 1 atom stereocenters. The molecule has 8 heteroatoms. The summed E-state index contributed by atoms with van der Waals surface area (Å²) in [5, 5.41) is 10.7. The lowest BCUT2D eigenvalue weighted by atomic mass is 9.76. The Balaban J connectivity index is 1.18. The number of amides is 1. The number of benzene rings is 4. The van der Waals surface area contributed by atoms with Crippen molar-refractivity contribution < 1.29 is 28.9 Å². The predicted octanol–water partition coefficient (Wildman–Crippen LogP) is 5.98. The zero-order valence-corrected chi connectivity index (χ0v) is 23.2. The monoisotopic (exact) mass is 562 g/mol. The van der Waals surface area contributed by atoms with Crippen LogP contribution in [0.1, 0.15) is 45.1 Å². The topological polar surface area (TPSA) is 88.5 Å². The fraction of sp³-hybridized carbons (Fsp3) is 0.235. The maximum atomic E-state index is 13.1. The number of ether oxygens (including phenoxy) is 3. The standard InChI is InChI=1S/C34H30N2O6/c1-2-24-29(37)15-14-28-31(24)41-30-20-23(12-13-27(30)34(28)26-11-7-6-10-25(26)32(38)42-34)35-16-18-36(19-17-35)33(39)40-21-22-8-4-3-5-9-22/h3-15,20,37H,2,16-19,21H2,1H3. The van der Waals surface area contributed by atoms with Crippen LogP contribution in [0.2, 0.25) is 0 Å². The molecule has 0 aromatic heterocycles. The molecular formula is C34H30N2O6. The van der Waals surface area contributed by atoms with E-state index < -0.39 is 11.6 Å². The third kappa shape index (κ3) is 4.05. The molecule has 1 spiro atoms. The molecule has 1 fully saturated rings. The van der Waals surface area contributed by atoms with E-state index in [1.165, 1.54) is 0 Å². The van der Waals surface area contributed by atoms with E-state index in [1.54, 1.807) is 23.1 Å². The van der Waals surface area contributed by atoms with Crippen molar-refractivity contribution in [3.05, 3.63) is 118 Å². The second kappa shape index (κ2) is 10.1. The first-order valence-corrected chi connectivity index (χ1v) is 14.2. The number of carbonyl (C=O) groups is 2. The van der Waals surface area contributed by atoms with Crippen molar-refractivity contribution in [1.82, 2.24) is 4.90 Å². The highest BCUT2D eigenvalue weighted by molar-refractivity contribution is 5.97. The van der Waals surface area contributed by atoms with Crippen LogP contribution in [-0.4, -0.2) is 48.2 Å². The number of hydrogen-bond donors (Lipinski definition) is 1. The number of phenols is 1. The van der Waals surface area contributed by atoms with Crippen LogP contribution in [-0.2, 0) is 28.1 Å². The first-order valence-electron chi connectivity index (χ1n) is 14.2. The lowest BCUT2D eigenvalue weighted by molar-refractivity contribution is 0.0223. The Morgan fingerprint density at radius 1 is 0.905 bits per heavy atom. The predicted molar refractivity (Wildman–Crippen MR) is 156 cm³/mol. The minimum Gasteiger partial charge on any atom is -0.508 e. The molecule has 0 bridgehead atoms. The highest BCUT2D eigenvalue weighted by Gasteiger charge is 2.54. The van der Waals surface area contributed by atoms with Gasteiger partial charge < -0.3 is 29.1 Å². The van der Waals surface area contributed by atoms with Gasteiger partial charge in [-0.3, -0.25) is 0 Å². The molecule has 0 saturated carbocycles. The van der Waals surface area contributed by atoms with Gasteiger partial charge in [0.1, 0.15) is 23.9 Å². The van der Waals surface area contributed by atoms with Gasteiger partial charge in [0, 0.05) is 60.2 Å². The summed E-state index contributed by atoms with van der Waals surface area (Å²) in [6.07, 6.45) is 0.220. The van der Waals surface area contributed by atoms with Gasteiger partial charge in [-0.1, -0.05) is 55.5 Å². The Kier molecular flexibility index (Phi) is 6.26. The normalized spacial score (nSPS) is 18.5. The van der Waals surface area contributed by atoms with Crippen molar-refractivity contribution in [1.29, 1.82) is 0 Å². The number of aromatic hydroxyl groups is 1. The van der Waals surface area contributed by atoms with E-state index in [-0.39, 0.29) is 18.4 Å². The summed E-state index contributed by atoms with van der Waals surface area (Å²) < 4.78 is 18.3. The lowest BCUT2D eigenvalue weighted by Crippen LogP contribution is -2.49. The summed E-state index contributed by atoms with van der Waals surface area (Å²) in [6.45, 7) is 4.50. The van der Waals surface area contributed by atoms with Crippen LogP contribution in [0.15, 0.2) is 84.9 Å². The number of esters is 1. The fourth-order valence-electron chi connectivity index (χ4n) is 6.27. The largest absolute Gasteiger partial charge is 0.508 e. The smallest absolute Gasteiger partial charge is 0.410 e. The van der Waals surface area contributed by atoms with Gasteiger partial charge in [-0.2, -0.15) is 0 Å². The van der Waals surface area contributed by atoms with E-state index in [0.29, 0.717) is 60.8 Å². The van der Waals surface area contributed by atoms with E-state index >= 15 is 0 Å². The van der Waals surface area contributed by atoms with E-state index in [1.807, 2.05) is 73.7 Å². The zero-order valence-electron chi connectivity index (χ0n) is 23.2. The Labute approximate surface area is 243 Å². The molecule has 212 valence electrons. The quantitative estimate of drug-likeness (QED) is 0.306. The number of hydrogen-bond acceptors (Lipinski definition) is 7. The summed E-state index contributed by atoms with van der Waals surface area (Å²) >= 11 is 0. The van der Waals surface area contributed by atoms with Crippen molar-refractivity contribution >= 4 is 17.7 Å². The molecule has 8 nitrogen and oxygen atoms in total. The Morgan fingerprint density at radius 3 is 2.43 bits per heavy atom. The Morgan fingerprint density at radius 2 is 1.64 bits per heavy atom. The molecule has 1 saturated heterocycles.